The highest BCUT2D eigenvalue weighted by Gasteiger charge is 2.20. The lowest BCUT2D eigenvalue weighted by atomic mass is 10.1. The Morgan fingerprint density at radius 2 is 1.79 bits per heavy atom. The lowest BCUT2D eigenvalue weighted by molar-refractivity contribution is 0.102. The minimum Gasteiger partial charge on any atom is -0.367 e. The van der Waals surface area contributed by atoms with Crippen LogP contribution in [0.5, 0.6) is 0 Å². The molecule has 1 heterocycles. The number of nitrogens with two attached hydrogens (primary N) is 1. The van der Waals surface area contributed by atoms with Crippen LogP contribution in [0, 0.1) is 6.92 Å². The second kappa shape index (κ2) is 8.08. The van der Waals surface area contributed by atoms with E-state index in [-0.39, 0.29) is 10.5 Å². The molecule has 1 saturated heterocycles. The van der Waals surface area contributed by atoms with Gasteiger partial charge in [0.15, 0.2) is 0 Å². The average molecular weight is 423 g/mol. The highest BCUT2D eigenvalue weighted by atomic mass is 35.5. The Kier molecular flexibility index (Phi) is 5.95. The monoisotopic (exact) mass is 422 g/mol. The molecule has 150 valence electrons. The molecule has 1 amide bonds. The molecule has 0 spiro atoms. The normalized spacial score (nSPS) is 15.5. The first kappa shape index (κ1) is 20.6. The van der Waals surface area contributed by atoms with Crippen molar-refractivity contribution < 1.29 is 13.2 Å². The van der Waals surface area contributed by atoms with E-state index in [9.17, 15) is 13.2 Å². The summed E-state index contributed by atoms with van der Waals surface area (Å²) in [7, 11) is -1.84. The summed E-state index contributed by atoms with van der Waals surface area (Å²) in [5.41, 5.74) is 2.16. The van der Waals surface area contributed by atoms with Crippen molar-refractivity contribution >= 4 is 38.9 Å². The van der Waals surface area contributed by atoms with Gasteiger partial charge in [-0.15, -0.1) is 0 Å². The van der Waals surface area contributed by atoms with Gasteiger partial charge in [-0.05, 0) is 49.9 Å². The van der Waals surface area contributed by atoms with E-state index in [1.807, 2.05) is 6.07 Å². The van der Waals surface area contributed by atoms with E-state index in [1.54, 1.807) is 31.2 Å². The summed E-state index contributed by atoms with van der Waals surface area (Å²) in [6, 6.07) is 9.79. The molecule has 7 nitrogen and oxygen atoms in total. The SMILES string of the molecule is Cc1ccc(C(=O)Nc2cc(Cl)ccc2N2CCN(C)CC2)cc1S(N)(=O)=O. The first-order chi connectivity index (χ1) is 13.1. The van der Waals surface area contributed by atoms with Crippen LogP contribution in [-0.2, 0) is 10.0 Å². The number of aryl methyl sites for hydroxylation is 1. The molecule has 3 rings (SSSR count). The number of rotatable bonds is 4. The van der Waals surface area contributed by atoms with Crippen LogP contribution < -0.4 is 15.4 Å². The molecule has 1 aliphatic heterocycles. The zero-order valence-corrected chi connectivity index (χ0v) is 17.3. The van der Waals surface area contributed by atoms with Gasteiger partial charge >= 0.3 is 0 Å². The summed E-state index contributed by atoms with van der Waals surface area (Å²) in [6.07, 6.45) is 0. The van der Waals surface area contributed by atoms with Crippen LogP contribution in [0.1, 0.15) is 15.9 Å². The highest BCUT2D eigenvalue weighted by Crippen LogP contribution is 2.30. The molecule has 2 aromatic carbocycles. The number of likely N-dealkylation sites (N-methyl/N-ethyl adjacent to an activating group) is 1. The highest BCUT2D eigenvalue weighted by molar-refractivity contribution is 7.89. The number of piperazine rings is 1. The summed E-state index contributed by atoms with van der Waals surface area (Å²) in [4.78, 5) is 17.2. The summed E-state index contributed by atoms with van der Waals surface area (Å²) in [6.45, 7) is 5.14. The van der Waals surface area contributed by atoms with Crippen LogP contribution in [0.15, 0.2) is 41.3 Å². The lowest BCUT2D eigenvalue weighted by Gasteiger charge is -2.35. The van der Waals surface area contributed by atoms with Crippen molar-refractivity contribution in [3.8, 4) is 0 Å². The minimum atomic E-state index is -3.91. The Bertz CT molecular complexity index is 1000. The first-order valence-corrected chi connectivity index (χ1v) is 10.8. The fraction of sp³-hybridized carbons (Fsp3) is 0.316. The van der Waals surface area contributed by atoms with E-state index in [0.29, 0.717) is 16.3 Å². The Morgan fingerprint density at radius 3 is 2.43 bits per heavy atom. The molecule has 0 aliphatic carbocycles. The number of nitrogens with one attached hydrogen (secondary N) is 1. The first-order valence-electron chi connectivity index (χ1n) is 8.83. The Hall–Kier alpha value is -2.13. The maximum absolute atomic E-state index is 12.8. The number of carbonyl (C=O) groups excluding carboxylic acids is 1. The van der Waals surface area contributed by atoms with Crippen LogP contribution in [0.2, 0.25) is 5.02 Å². The van der Waals surface area contributed by atoms with Crippen molar-refractivity contribution in [3.63, 3.8) is 0 Å². The third kappa shape index (κ3) is 4.64. The van der Waals surface area contributed by atoms with Gasteiger partial charge in [0.1, 0.15) is 0 Å². The number of carbonyl (C=O) groups is 1. The van der Waals surface area contributed by atoms with E-state index >= 15 is 0 Å². The summed E-state index contributed by atoms with van der Waals surface area (Å²) in [5, 5.41) is 8.61. The van der Waals surface area contributed by atoms with Gasteiger partial charge in [-0.2, -0.15) is 0 Å². The number of hydrogen-bond donors (Lipinski definition) is 2. The molecule has 0 radical (unpaired) electrons. The van der Waals surface area contributed by atoms with Crippen LogP contribution >= 0.6 is 11.6 Å². The van der Waals surface area contributed by atoms with Gasteiger partial charge in [-0.25, -0.2) is 13.6 Å². The summed E-state index contributed by atoms with van der Waals surface area (Å²) in [5.74, 6) is -0.428. The molecule has 0 unspecified atom stereocenters. The number of sulfonamides is 1. The Balaban J connectivity index is 1.89. The zero-order chi connectivity index (χ0) is 20.5. The molecular weight excluding hydrogens is 400 g/mol. The van der Waals surface area contributed by atoms with Gasteiger partial charge < -0.3 is 15.1 Å². The van der Waals surface area contributed by atoms with Crippen molar-refractivity contribution in [2.75, 3.05) is 43.4 Å². The third-order valence-corrected chi connectivity index (χ3v) is 6.10. The molecule has 1 fully saturated rings. The second-order valence-electron chi connectivity index (χ2n) is 6.93. The third-order valence-electron chi connectivity index (χ3n) is 4.81. The largest absolute Gasteiger partial charge is 0.367 e. The second-order valence-corrected chi connectivity index (χ2v) is 8.90. The Morgan fingerprint density at radius 1 is 1.11 bits per heavy atom. The molecule has 0 saturated carbocycles. The summed E-state index contributed by atoms with van der Waals surface area (Å²) >= 11 is 6.14. The van der Waals surface area contributed by atoms with E-state index in [1.165, 1.54) is 6.07 Å². The average Bonchev–Trinajstić information content (AvgIpc) is 2.62. The molecule has 9 heteroatoms. The van der Waals surface area contributed by atoms with Crippen molar-refractivity contribution in [3.05, 3.63) is 52.5 Å². The maximum Gasteiger partial charge on any atom is 0.255 e. The number of hydrogen-bond acceptors (Lipinski definition) is 5. The minimum absolute atomic E-state index is 0.0643. The molecule has 28 heavy (non-hydrogen) atoms. The van der Waals surface area contributed by atoms with Gasteiger partial charge in [0.05, 0.1) is 16.3 Å². The van der Waals surface area contributed by atoms with Gasteiger partial charge in [-0.1, -0.05) is 17.7 Å². The molecule has 0 atom stereocenters. The van der Waals surface area contributed by atoms with Crippen molar-refractivity contribution in [1.29, 1.82) is 0 Å². The van der Waals surface area contributed by atoms with E-state index in [0.717, 1.165) is 31.9 Å². The van der Waals surface area contributed by atoms with E-state index in [2.05, 4.69) is 22.2 Å². The van der Waals surface area contributed by atoms with E-state index < -0.39 is 15.9 Å². The molecular formula is C19H23ClN4O3S. The number of halogens is 1. The fourth-order valence-corrected chi connectivity index (χ4v) is 4.15. The topological polar surface area (TPSA) is 95.7 Å². The quantitative estimate of drug-likeness (QED) is 0.788. The van der Waals surface area contributed by atoms with Crippen molar-refractivity contribution in [2.45, 2.75) is 11.8 Å². The van der Waals surface area contributed by atoms with Gasteiger partial charge in [0.2, 0.25) is 10.0 Å². The van der Waals surface area contributed by atoms with Crippen LogP contribution in [0.3, 0.4) is 0 Å². The molecule has 3 N–H and O–H groups in total. The molecule has 1 aliphatic rings. The number of benzene rings is 2. The van der Waals surface area contributed by atoms with Crippen LogP contribution in [0.4, 0.5) is 11.4 Å². The molecule has 2 aromatic rings. The zero-order valence-electron chi connectivity index (χ0n) is 15.8. The van der Waals surface area contributed by atoms with Crippen LogP contribution in [0.25, 0.3) is 0 Å². The van der Waals surface area contributed by atoms with Gasteiger partial charge in [-0.3, -0.25) is 4.79 Å². The number of amides is 1. The number of nitrogens with zero attached hydrogens (tertiary/aromatic N) is 2. The number of primary sulfonamides is 1. The lowest BCUT2D eigenvalue weighted by Crippen LogP contribution is -2.44. The predicted molar refractivity (Wildman–Crippen MR) is 112 cm³/mol. The van der Waals surface area contributed by atoms with Gasteiger partial charge in [0, 0.05) is 36.8 Å². The maximum atomic E-state index is 12.8. The summed E-state index contributed by atoms with van der Waals surface area (Å²) < 4.78 is 23.5. The van der Waals surface area contributed by atoms with Crippen LogP contribution in [-0.4, -0.2) is 52.5 Å². The van der Waals surface area contributed by atoms with E-state index in [4.69, 9.17) is 16.7 Å². The van der Waals surface area contributed by atoms with Gasteiger partial charge in [0.25, 0.3) is 5.91 Å². The van der Waals surface area contributed by atoms with Crippen molar-refractivity contribution in [2.24, 2.45) is 5.14 Å². The number of anilines is 2. The molecule has 0 bridgehead atoms. The molecule has 0 aromatic heterocycles. The standard InChI is InChI=1S/C19H23ClN4O3S/c1-13-3-4-14(11-18(13)28(21,26)27)19(25)22-16-12-15(20)5-6-17(16)24-9-7-23(2)8-10-24/h3-6,11-12H,7-10H2,1-2H3,(H,22,25)(H2,21,26,27). The predicted octanol–water partition coefficient (Wildman–Crippen LogP) is 2.30. The van der Waals surface area contributed by atoms with Crippen molar-refractivity contribution in [1.82, 2.24) is 4.90 Å². The smallest absolute Gasteiger partial charge is 0.255 e. The fourth-order valence-electron chi connectivity index (χ4n) is 3.17. The Labute approximate surface area is 170 Å².